The van der Waals surface area contributed by atoms with Crippen molar-refractivity contribution in [1.82, 2.24) is 9.97 Å². The van der Waals surface area contributed by atoms with Crippen molar-refractivity contribution in [2.75, 3.05) is 12.3 Å². The molecule has 9 nitrogen and oxygen atoms in total. The molecule has 0 amide bonds. The van der Waals surface area contributed by atoms with E-state index in [2.05, 4.69) is 9.97 Å². The zero-order valence-corrected chi connectivity index (χ0v) is 10.1. The van der Waals surface area contributed by atoms with Crippen molar-refractivity contribution in [2.24, 2.45) is 0 Å². The van der Waals surface area contributed by atoms with Gasteiger partial charge in [0.2, 0.25) is 0 Å². The normalized spacial score (nSPS) is 13.1. The average Bonchev–Trinajstić information content (AvgIpc) is 2.39. The largest absolute Gasteiger partial charge is 0.394 e. The second-order valence-electron chi connectivity index (χ2n) is 3.51. The summed E-state index contributed by atoms with van der Waals surface area (Å²) in [6.45, 7) is -0.732. The number of carbonyl (C=O) groups excluding carboxylic acids is 1. The molecule has 7 N–H and O–H groups in total. The third kappa shape index (κ3) is 6.62. The van der Waals surface area contributed by atoms with Gasteiger partial charge in [0, 0.05) is 18.2 Å². The Bertz CT molecular complexity index is 436. The van der Waals surface area contributed by atoms with Crippen LogP contribution in [0.25, 0.3) is 0 Å². The molecule has 19 heavy (non-hydrogen) atoms. The summed E-state index contributed by atoms with van der Waals surface area (Å²) in [7, 11) is 0. The maximum absolute atomic E-state index is 10.4. The van der Waals surface area contributed by atoms with E-state index in [1.807, 2.05) is 0 Å². The van der Waals surface area contributed by atoms with E-state index in [9.17, 15) is 9.59 Å². The summed E-state index contributed by atoms with van der Waals surface area (Å²) in [4.78, 5) is 25.7. The van der Waals surface area contributed by atoms with Gasteiger partial charge in [0.25, 0.3) is 0 Å². The average molecular weight is 275 g/mol. The molecule has 2 unspecified atom stereocenters. The minimum absolute atomic E-state index is 0.137. The van der Waals surface area contributed by atoms with Gasteiger partial charge in [-0.05, 0) is 0 Å². The van der Waals surface area contributed by atoms with E-state index >= 15 is 0 Å². The van der Waals surface area contributed by atoms with Crippen LogP contribution in [0.3, 0.4) is 0 Å². The van der Waals surface area contributed by atoms with Gasteiger partial charge in [-0.2, -0.15) is 0 Å². The minimum Gasteiger partial charge on any atom is -0.394 e. The van der Waals surface area contributed by atoms with E-state index in [1.54, 1.807) is 0 Å². The molecule has 0 fully saturated rings. The van der Waals surface area contributed by atoms with Crippen LogP contribution in [0, 0.1) is 0 Å². The first-order valence-corrected chi connectivity index (χ1v) is 5.31. The number of H-pyrrole nitrogens is 1. The Balaban J connectivity index is 0.000000344. The van der Waals surface area contributed by atoms with Crippen molar-refractivity contribution in [3.8, 4) is 0 Å². The Morgan fingerprint density at radius 3 is 2.42 bits per heavy atom. The highest BCUT2D eigenvalue weighted by Crippen LogP contribution is 2.00. The molecule has 1 rings (SSSR count). The lowest BCUT2D eigenvalue weighted by atomic mass is 10.2. The molecule has 0 aliphatic carbocycles. The van der Waals surface area contributed by atoms with Crippen molar-refractivity contribution in [3.63, 3.8) is 0 Å². The summed E-state index contributed by atoms with van der Waals surface area (Å²) in [5.41, 5.74) is 5.20. The predicted molar refractivity (Wildman–Crippen MR) is 65.0 cm³/mol. The second-order valence-corrected chi connectivity index (χ2v) is 3.51. The van der Waals surface area contributed by atoms with Gasteiger partial charge in [-0.25, -0.2) is 9.78 Å². The Morgan fingerprint density at radius 1 is 1.37 bits per heavy atom. The van der Waals surface area contributed by atoms with Crippen molar-refractivity contribution >= 4 is 12.1 Å². The Hall–Kier alpha value is -1.81. The first-order chi connectivity index (χ1) is 8.96. The molecule has 0 saturated carbocycles. The monoisotopic (exact) mass is 275 g/mol. The number of aliphatic hydroxyl groups excluding tert-OH is 4. The lowest BCUT2D eigenvalue weighted by Crippen LogP contribution is -2.29. The fourth-order valence-electron chi connectivity index (χ4n) is 0.937. The number of nitrogens with one attached hydrogen (secondary N) is 1. The molecule has 0 spiro atoms. The molecule has 1 aromatic rings. The number of aromatic nitrogens is 2. The highest BCUT2D eigenvalue weighted by atomic mass is 16.4. The standard InChI is InChI=1S/C5H7N3O2.C5H10O4/c6-4-3(2-9)1-7-5(10)8-4;6-2-1-4(8)5(9)3-7/h1,9H,2H2,(H3,6,7,8,10);2,4-5,7-9H,1,3H2. The number of nitrogens with two attached hydrogens (primary N) is 1. The number of aldehydes is 1. The van der Waals surface area contributed by atoms with Gasteiger partial charge in [0.05, 0.1) is 19.3 Å². The number of hydrogen-bond donors (Lipinski definition) is 6. The molecule has 0 bridgehead atoms. The Kier molecular flexibility index (Phi) is 8.29. The molecule has 108 valence electrons. The molecular weight excluding hydrogens is 258 g/mol. The number of anilines is 1. The van der Waals surface area contributed by atoms with E-state index in [0.717, 1.165) is 0 Å². The topological polar surface area (TPSA) is 170 Å². The van der Waals surface area contributed by atoms with Crippen LogP contribution in [-0.2, 0) is 11.4 Å². The molecular formula is C10H17N3O6. The molecule has 0 radical (unpaired) electrons. The summed E-state index contributed by atoms with van der Waals surface area (Å²) < 4.78 is 0. The maximum Gasteiger partial charge on any atom is 0.346 e. The Morgan fingerprint density at radius 2 is 2.00 bits per heavy atom. The van der Waals surface area contributed by atoms with Gasteiger partial charge in [0.15, 0.2) is 0 Å². The Labute approximate surface area is 108 Å². The fraction of sp³-hybridized carbons (Fsp3) is 0.500. The van der Waals surface area contributed by atoms with E-state index in [4.69, 9.17) is 26.2 Å². The van der Waals surface area contributed by atoms with Gasteiger partial charge in [-0.1, -0.05) is 0 Å². The fourth-order valence-corrected chi connectivity index (χ4v) is 0.937. The van der Waals surface area contributed by atoms with Crippen molar-refractivity contribution in [2.45, 2.75) is 25.2 Å². The molecule has 0 aliphatic rings. The van der Waals surface area contributed by atoms with Crippen LogP contribution in [-0.4, -0.2) is 55.5 Å². The van der Waals surface area contributed by atoms with Gasteiger partial charge >= 0.3 is 5.69 Å². The van der Waals surface area contributed by atoms with Crippen LogP contribution in [0.1, 0.15) is 12.0 Å². The van der Waals surface area contributed by atoms with E-state index in [0.29, 0.717) is 11.8 Å². The van der Waals surface area contributed by atoms with Gasteiger partial charge in [-0.15, -0.1) is 0 Å². The molecule has 0 saturated heterocycles. The number of rotatable bonds is 5. The lowest BCUT2D eigenvalue weighted by Gasteiger charge is -2.11. The summed E-state index contributed by atoms with van der Waals surface area (Å²) >= 11 is 0. The molecule has 1 heterocycles. The number of nitrogen functional groups attached to an aromatic ring is 1. The second kappa shape index (κ2) is 9.16. The summed E-state index contributed by atoms with van der Waals surface area (Å²) in [5.74, 6) is 0.169. The van der Waals surface area contributed by atoms with Gasteiger partial charge < -0.3 is 31.0 Å². The van der Waals surface area contributed by atoms with Crippen molar-refractivity contribution < 1.29 is 25.2 Å². The number of carbonyl (C=O) groups is 1. The zero-order valence-electron chi connectivity index (χ0n) is 10.1. The van der Waals surface area contributed by atoms with Crippen LogP contribution in [0.5, 0.6) is 0 Å². The number of aliphatic hydroxyl groups is 4. The first-order valence-electron chi connectivity index (χ1n) is 5.31. The molecule has 0 aromatic carbocycles. The number of nitrogens with zero attached hydrogens (tertiary/aromatic N) is 1. The smallest absolute Gasteiger partial charge is 0.346 e. The number of aromatic amines is 1. The summed E-state index contributed by atoms with van der Waals surface area (Å²) in [6, 6.07) is 0. The van der Waals surface area contributed by atoms with Gasteiger partial charge in [-0.3, -0.25) is 4.98 Å². The van der Waals surface area contributed by atoms with Crippen LogP contribution in [0.15, 0.2) is 11.0 Å². The predicted octanol–water partition coefficient (Wildman–Crippen LogP) is -2.87. The van der Waals surface area contributed by atoms with Gasteiger partial charge in [0.1, 0.15) is 18.2 Å². The van der Waals surface area contributed by atoms with Crippen LogP contribution >= 0.6 is 0 Å². The SMILES string of the molecule is Nc1[nH]c(=O)ncc1CO.O=CCC(O)C(O)CO. The summed E-state index contributed by atoms with van der Waals surface area (Å²) in [6.07, 6.45) is -0.734. The minimum atomic E-state index is -1.20. The third-order valence-corrected chi connectivity index (χ3v) is 2.06. The van der Waals surface area contributed by atoms with Crippen molar-refractivity contribution in [1.29, 1.82) is 0 Å². The number of hydrogen-bond acceptors (Lipinski definition) is 8. The zero-order chi connectivity index (χ0) is 14.8. The van der Waals surface area contributed by atoms with Crippen LogP contribution < -0.4 is 11.4 Å². The van der Waals surface area contributed by atoms with E-state index < -0.39 is 24.5 Å². The third-order valence-electron chi connectivity index (χ3n) is 2.06. The molecule has 1 aromatic heterocycles. The highest BCUT2D eigenvalue weighted by Gasteiger charge is 2.13. The van der Waals surface area contributed by atoms with Crippen LogP contribution in [0.4, 0.5) is 5.82 Å². The lowest BCUT2D eigenvalue weighted by molar-refractivity contribution is -0.111. The van der Waals surface area contributed by atoms with E-state index in [1.165, 1.54) is 6.20 Å². The quantitative estimate of drug-likeness (QED) is 0.311. The first kappa shape index (κ1) is 17.2. The molecule has 9 heteroatoms. The van der Waals surface area contributed by atoms with Crippen molar-refractivity contribution in [3.05, 3.63) is 22.2 Å². The highest BCUT2D eigenvalue weighted by molar-refractivity contribution is 5.50. The van der Waals surface area contributed by atoms with E-state index in [-0.39, 0.29) is 18.8 Å². The maximum atomic E-state index is 10.4. The van der Waals surface area contributed by atoms with Crippen LogP contribution in [0.2, 0.25) is 0 Å². The molecule has 0 aliphatic heterocycles. The summed E-state index contributed by atoms with van der Waals surface area (Å²) in [5, 5.41) is 34.0. The molecule has 2 atom stereocenters.